The van der Waals surface area contributed by atoms with Crippen LogP contribution < -0.4 is 10.1 Å². The number of halogens is 2. The number of hydrogen-bond donors (Lipinski definition) is 2. The van der Waals surface area contributed by atoms with Crippen molar-refractivity contribution >= 4 is 17.3 Å². The van der Waals surface area contributed by atoms with Gasteiger partial charge in [0.25, 0.3) is 0 Å². The third-order valence-corrected chi connectivity index (χ3v) is 3.04. The van der Waals surface area contributed by atoms with Crippen LogP contribution in [0, 0.1) is 5.82 Å². The first-order valence-corrected chi connectivity index (χ1v) is 6.04. The molecule has 0 radical (unpaired) electrons. The van der Waals surface area contributed by atoms with E-state index < -0.39 is 5.82 Å². The Balaban J connectivity index is 2.19. The van der Waals surface area contributed by atoms with E-state index in [2.05, 4.69) is 5.32 Å². The Morgan fingerprint density at radius 3 is 2.68 bits per heavy atom. The van der Waals surface area contributed by atoms with Crippen molar-refractivity contribution < 1.29 is 14.2 Å². The molecule has 0 aliphatic carbocycles. The lowest BCUT2D eigenvalue weighted by molar-refractivity contribution is 0.371. The maximum atomic E-state index is 13.6. The Morgan fingerprint density at radius 1 is 1.26 bits per heavy atom. The summed E-state index contributed by atoms with van der Waals surface area (Å²) in [6.45, 7) is 0.240. The molecule has 100 valence electrons. The van der Waals surface area contributed by atoms with Crippen LogP contribution in [0.5, 0.6) is 11.5 Å². The summed E-state index contributed by atoms with van der Waals surface area (Å²) in [5.74, 6) is -0.0289. The highest BCUT2D eigenvalue weighted by Crippen LogP contribution is 2.31. The average Bonchev–Trinajstić information content (AvgIpc) is 2.40. The average molecular weight is 282 g/mol. The first kappa shape index (κ1) is 13.5. The van der Waals surface area contributed by atoms with Gasteiger partial charge in [-0.25, -0.2) is 4.39 Å². The van der Waals surface area contributed by atoms with Crippen LogP contribution in [0.4, 0.5) is 10.1 Å². The van der Waals surface area contributed by atoms with Gasteiger partial charge in [-0.05, 0) is 18.2 Å². The zero-order valence-electron chi connectivity index (χ0n) is 10.3. The highest BCUT2D eigenvalue weighted by atomic mass is 35.5. The fraction of sp³-hybridized carbons (Fsp3) is 0.143. The van der Waals surface area contributed by atoms with E-state index in [4.69, 9.17) is 16.3 Å². The quantitative estimate of drug-likeness (QED) is 0.895. The molecule has 2 aromatic carbocycles. The van der Waals surface area contributed by atoms with Gasteiger partial charge < -0.3 is 15.2 Å². The van der Waals surface area contributed by atoms with Gasteiger partial charge in [-0.3, -0.25) is 0 Å². The number of nitrogens with one attached hydrogen (secondary N) is 1. The lowest BCUT2D eigenvalue weighted by Crippen LogP contribution is -2.02. The Labute approximate surface area is 115 Å². The fourth-order valence-electron chi connectivity index (χ4n) is 1.73. The molecule has 0 saturated heterocycles. The van der Waals surface area contributed by atoms with Crippen molar-refractivity contribution in [1.29, 1.82) is 0 Å². The van der Waals surface area contributed by atoms with Crippen LogP contribution in [0.2, 0.25) is 5.02 Å². The van der Waals surface area contributed by atoms with Crippen molar-refractivity contribution in [3.05, 3.63) is 52.8 Å². The summed E-state index contributed by atoms with van der Waals surface area (Å²) in [4.78, 5) is 0. The second-order valence-corrected chi connectivity index (χ2v) is 4.33. The predicted octanol–water partition coefficient (Wildman–Crippen LogP) is 3.81. The first-order valence-electron chi connectivity index (χ1n) is 5.66. The Morgan fingerprint density at radius 2 is 2.00 bits per heavy atom. The predicted molar refractivity (Wildman–Crippen MR) is 73.4 cm³/mol. The molecule has 0 saturated carbocycles. The normalized spacial score (nSPS) is 10.3. The number of rotatable bonds is 4. The minimum atomic E-state index is -0.435. The van der Waals surface area contributed by atoms with Gasteiger partial charge >= 0.3 is 0 Å². The van der Waals surface area contributed by atoms with E-state index in [-0.39, 0.29) is 18.0 Å². The number of anilines is 1. The van der Waals surface area contributed by atoms with Crippen LogP contribution in [0.1, 0.15) is 5.56 Å². The largest absolute Gasteiger partial charge is 0.504 e. The number of ether oxygens (including phenoxy) is 1. The second-order valence-electron chi connectivity index (χ2n) is 3.92. The maximum absolute atomic E-state index is 13.6. The van der Waals surface area contributed by atoms with Gasteiger partial charge in [-0.2, -0.15) is 0 Å². The Bertz CT molecular complexity index is 569. The van der Waals surface area contributed by atoms with Crippen LogP contribution in [0.25, 0.3) is 0 Å². The van der Waals surface area contributed by atoms with E-state index in [1.807, 2.05) is 0 Å². The van der Waals surface area contributed by atoms with Gasteiger partial charge in [-0.1, -0.05) is 29.8 Å². The number of methoxy groups -OCH3 is 1. The smallest absolute Gasteiger partial charge is 0.162 e. The van der Waals surface area contributed by atoms with Crippen LogP contribution in [0.15, 0.2) is 36.4 Å². The number of benzene rings is 2. The molecule has 0 aliphatic rings. The molecule has 0 amide bonds. The molecule has 0 spiro atoms. The Kier molecular flexibility index (Phi) is 4.12. The zero-order valence-corrected chi connectivity index (χ0v) is 11.0. The molecule has 19 heavy (non-hydrogen) atoms. The van der Waals surface area contributed by atoms with Crippen molar-refractivity contribution in [2.45, 2.75) is 6.54 Å². The molecule has 2 aromatic rings. The van der Waals surface area contributed by atoms with Crippen LogP contribution in [-0.2, 0) is 6.54 Å². The van der Waals surface area contributed by atoms with Crippen molar-refractivity contribution in [2.75, 3.05) is 12.4 Å². The van der Waals surface area contributed by atoms with Crippen molar-refractivity contribution in [2.24, 2.45) is 0 Å². The monoisotopic (exact) mass is 281 g/mol. The van der Waals surface area contributed by atoms with E-state index in [0.29, 0.717) is 16.3 Å². The maximum Gasteiger partial charge on any atom is 0.162 e. The molecule has 0 heterocycles. The molecular weight excluding hydrogens is 269 g/mol. The van der Waals surface area contributed by atoms with Crippen molar-refractivity contribution in [3.63, 3.8) is 0 Å². The summed E-state index contributed by atoms with van der Waals surface area (Å²) in [5.41, 5.74) is 0.810. The molecule has 0 atom stereocenters. The van der Waals surface area contributed by atoms with Crippen LogP contribution in [-0.4, -0.2) is 12.2 Å². The number of phenolic OH excluding ortho intramolecular Hbond substituents is 1. The fourth-order valence-corrected chi connectivity index (χ4v) is 1.96. The number of para-hydroxylation sites is 2. The van der Waals surface area contributed by atoms with Crippen molar-refractivity contribution in [3.8, 4) is 11.5 Å². The third-order valence-electron chi connectivity index (χ3n) is 2.72. The summed E-state index contributed by atoms with van der Waals surface area (Å²) in [7, 11) is 1.47. The van der Waals surface area contributed by atoms with Gasteiger partial charge in [0.05, 0.1) is 17.8 Å². The summed E-state index contributed by atoms with van der Waals surface area (Å²) < 4.78 is 18.6. The summed E-state index contributed by atoms with van der Waals surface area (Å²) >= 11 is 5.90. The molecule has 3 nitrogen and oxygen atoms in total. The van der Waals surface area contributed by atoms with Crippen molar-refractivity contribution in [1.82, 2.24) is 0 Å². The molecule has 5 heteroatoms. The van der Waals surface area contributed by atoms with Crippen LogP contribution in [0.3, 0.4) is 0 Å². The highest BCUT2D eigenvalue weighted by Gasteiger charge is 2.10. The standard InChI is InChI=1S/C14H13ClFNO2/c1-19-12-7-2-4-9(14(12)18)8-17-13-10(15)5-3-6-11(13)16/h2-7,17-18H,8H2,1H3. The Hall–Kier alpha value is -1.94. The summed E-state index contributed by atoms with van der Waals surface area (Å²) in [6.07, 6.45) is 0. The first-order chi connectivity index (χ1) is 9.13. The third kappa shape index (κ3) is 2.90. The lowest BCUT2D eigenvalue weighted by Gasteiger charge is -2.12. The van der Waals surface area contributed by atoms with Gasteiger partial charge in [0.1, 0.15) is 5.82 Å². The number of phenols is 1. The van der Waals surface area contributed by atoms with Crippen LogP contribution >= 0.6 is 11.6 Å². The highest BCUT2D eigenvalue weighted by molar-refractivity contribution is 6.33. The summed E-state index contributed by atoms with van der Waals surface area (Å²) in [6, 6.07) is 9.57. The molecule has 0 aromatic heterocycles. The molecule has 0 bridgehead atoms. The lowest BCUT2D eigenvalue weighted by atomic mass is 10.2. The molecule has 2 N–H and O–H groups in total. The minimum Gasteiger partial charge on any atom is -0.504 e. The second kappa shape index (κ2) is 5.80. The number of aromatic hydroxyl groups is 1. The van der Waals surface area contributed by atoms with Gasteiger partial charge in [0.2, 0.25) is 0 Å². The molecule has 2 rings (SSSR count). The SMILES string of the molecule is COc1cccc(CNc2c(F)cccc2Cl)c1O. The van der Waals surface area contributed by atoms with Gasteiger partial charge in [-0.15, -0.1) is 0 Å². The van der Waals surface area contributed by atoms with E-state index in [9.17, 15) is 9.50 Å². The minimum absolute atomic E-state index is 0.0324. The molecule has 0 aliphatic heterocycles. The number of hydrogen-bond acceptors (Lipinski definition) is 3. The van der Waals surface area contributed by atoms with E-state index in [1.165, 1.54) is 19.2 Å². The molecule has 0 unspecified atom stereocenters. The van der Waals surface area contributed by atoms with E-state index in [0.717, 1.165) is 0 Å². The van der Waals surface area contributed by atoms with E-state index in [1.54, 1.807) is 24.3 Å². The van der Waals surface area contributed by atoms with Gasteiger partial charge in [0, 0.05) is 12.1 Å². The van der Waals surface area contributed by atoms with E-state index >= 15 is 0 Å². The molecule has 0 fully saturated rings. The molecular formula is C14H13ClFNO2. The zero-order chi connectivity index (χ0) is 13.8. The topological polar surface area (TPSA) is 41.5 Å². The summed E-state index contributed by atoms with van der Waals surface area (Å²) in [5, 5.41) is 13.1. The van der Waals surface area contributed by atoms with Gasteiger partial charge in [0.15, 0.2) is 11.5 Å².